The van der Waals surface area contributed by atoms with Gasteiger partial charge >= 0.3 is 12.1 Å². The molecule has 122 valence electrons. The summed E-state index contributed by atoms with van der Waals surface area (Å²) >= 11 is 5.78. The number of halogens is 4. The number of hydrogen-bond acceptors (Lipinski definition) is 3. The molecule has 0 spiro atoms. The quantitative estimate of drug-likeness (QED) is 0.757. The van der Waals surface area contributed by atoms with E-state index in [1.54, 1.807) is 12.1 Å². The molecule has 0 saturated heterocycles. The minimum absolute atomic E-state index is 0.0924. The molecule has 0 radical (unpaired) electrons. The molecule has 7 heteroatoms. The molecule has 0 fully saturated rings. The van der Waals surface area contributed by atoms with Gasteiger partial charge in [0.05, 0.1) is 12.7 Å². The summed E-state index contributed by atoms with van der Waals surface area (Å²) in [4.78, 5) is 11.9. The number of methoxy groups -OCH3 is 1. The zero-order valence-electron chi connectivity index (χ0n) is 11.9. The van der Waals surface area contributed by atoms with E-state index < -0.39 is 23.8 Å². The average Bonchev–Trinajstić information content (AvgIpc) is 2.52. The lowest BCUT2D eigenvalue weighted by Gasteiger charge is -2.18. The lowest BCUT2D eigenvalue weighted by Crippen LogP contribution is -2.20. The van der Waals surface area contributed by atoms with E-state index in [1.165, 1.54) is 31.4 Å². The molecule has 3 nitrogen and oxygen atoms in total. The normalized spacial score (nSPS) is 12.6. The van der Waals surface area contributed by atoms with E-state index in [9.17, 15) is 18.0 Å². The summed E-state index contributed by atoms with van der Waals surface area (Å²) in [6.45, 7) is 0. The molecular weight excluding hydrogens is 333 g/mol. The molecule has 0 amide bonds. The van der Waals surface area contributed by atoms with Crippen molar-refractivity contribution in [3.05, 3.63) is 64.7 Å². The minimum atomic E-state index is -4.50. The van der Waals surface area contributed by atoms with Gasteiger partial charge in [-0.1, -0.05) is 29.8 Å². The topological polar surface area (TPSA) is 35.5 Å². The van der Waals surface area contributed by atoms with Crippen LogP contribution in [0.5, 0.6) is 5.75 Å². The van der Waals surface area contributed by atoms with Gasteiger partial charge in [-0.05, 0) is 30.3 Å². The molecule has 0 N–H and O–H groups in total. The zero-order valence-corrected chi connectivity index (χ0v) is 12.7. The highest BCUT2D eigenvalue weighted by atomic mass is 35.5. The van der Waals surface area contributed by atoms with Gasteiger partial charge in [0.2, 0.25) is 6.10 Å². The minimum Gasteiger partial charge on any atom is -0.474 e. The Bertz CT molecular complexity index is 684. The van der Waals surface area contributed by atoms with Crippen LogP contribution in [0.4, 0.5) is 13.2 Å². The third-order valence-electron chi connectivity index (χ3n) is 3.00. The fourth-order valence-corrected chi connectivity index (χ4v) is 2.00. The van der Waals surface area contributed by atoms with E-state index in [2.05, 4.69) is 4.74 Å². The molecule has 0 aliphatic carbocycles. The van der Waals surface area contributed by atoms with Gasteiger partial charge in [0.1, 0.15) is 5.75 Å². The van der Waals surface area contributed by atoms with Gasteiger partial charge in [-0.3, -0.25) is 0 Å². The predicted molar refractivity (Wildman–Crippen MR) is 78.3 cm³/mol. The first-order chi connectivity index (χ1) is 10.8. The number of rotatable bonds is 4. The van der Waals surface area contributed by atoms with Crippen molar-refractivity contribution >= 4 is 17.6 Å². The first-order valence-corrected chi connectivity index (χ1v) is 6.86. The van der Waals surface area contributed by atoms with Crippen LogP contribution in [0, 0.1) is 0 Å². The summed E-state index contributed by atoms with van der Waals surface area (Å²) in [7, 11) is 1.17. The van der Waals surface area contributed by atoms with Crippen LogP contribution in [0.25, 0.3) is 0 Å². The number of carbonyl (C=O) groups is 1. The van der Waals surface area contributed by atoms with Crippen LogP contribution in [0.3, 0.4) is 0 Å². The first-order valence-electron chi connectivity index (χ1n) is 6.48. The summed E-state index contributed by atoms with van der Waals surface area (Å²) in [5, 5.41) is 0.455. The summed E-state index contributed by atoms with van der Waals surface area (Å²) in [5.41, 5.74) is -0.451. The second-order valence-corrected chi connectivity index (χ2v) is 5.03. The number of esters is 1. The molecular formula is C16H12ClF3O3. The molecule has 2 aromatic carbocycles. The second-order valence-electron chi connectivity index (χ2n) is 4.60. The molecule has 0 heterocycles. The Kier molecular flexibility index (Phi) is 5.15. The molecule has 0 aliphatic rings. The summed E-state index contributed by atoms with van der Waals surface area (Å²) in [6.07, 6.45) is -5.69. The van der Waals surface area contributed by atoms with Gasteiger partial charge in [0.15, 0.2) is 0 Å². The van der Waals surface area contributed by atoms with E-state index in [-0.39, 0.29) is 5.75 Å². The molecule has 0 bridgehead atoms. The summed E-state index contributed by atoms with van der Waals surface area (Å²) < 4.78 is 48.3. The van der Waals surface area contributed by atoms with Crippen molar-refractivity contribution in [3.63, 3.8) is 0 Å². The van der Waals surface area contributed by atoms with Crippen molar-refractivity contribution in [1.29, 1.82) is 0 Å². The molecule has 0 aliphatic heterocycles. The van der Waals surface area contributed by atoms with E-state index in [1.807, 2.05) is 0 Å². The Morgan fingerprint density at radius 1 is 1.13 bits per heavy atom. The van der Waals surface area contributed by atoms with E-state index in [0.29, 0.717) is 10.6 Å². The Hall–Kier alpha value is -2.21. The fraction of sp³-hybridized carbons (Fsp3) is 0.188. The van der Waals surface area contributed by atoms with Crippen molar-refractivity contribution in [2.75, 3.05) is 7.11 Å². The Labute approximate surface area is 135 Å². The van der Waals surface area contributed by atoms with Gasteiger partial charge in [-0.2, -0.15) is 13.2 Å². The molecule has 23 heavy (non-hydrogen) atoms. The smallest absolute Gasteiger partial charge is 0.416 e. The monoisotopic (exact) mass is 344 g/mol. The highest BCUT2D eigenvalue weighted by Gasteiger charge is 2.31. The molecule has 1 atom stereocenters. The highest BCUT2D eigenvalue weighted by Crippen LogP contribution is 2.33. The predicted octanol–water partition coefficient (Wildman–Crippen LogP) is 4.65. The maximum atomic E-state index is 12.7. The van der Waals surface area contributed by atoms with Crippen LogP contribution >= 0.6 is 11.6 Å². The zero-order chi connectivity index (χ0) is 17.0. The van der Waals surface area contributed by atoms with Crippen LogP contribution in [0.2, 0.25) is 5.02 Å². The van der Waals surface area contributed by atoms with Gasteiger partial charge in [0, 0.05) is 10.6 Å². The summed E-state index contributed by atoms with van der Waals surface area (Å²) in [6, 6.07) is 10.4. The van der Waals surface area contributed by atoms with Gasteiger partial charge in [-0.15, -0.1) is 0 Å². The van der Waals surface area contributed by atoms with Crippen molar-refractivity contribution in [3.8, 4) is 5.75 Å². The highest BCUT2D eigenvalue weighted by molar-refractivity contribution is 6.30. The molecule has 0 unspecified atom stereocenters. The van der Waals surface area contributed by atoms with Crippen LogP contribution in [0.15, 0.2) is 48.5 Å². The van der Waals surface area contributed by atoms with Crippen LogP contribution in [0.1, 0.15) is 17.2 Å². The summed E-state index contributed by atoms with van der Waals surface area (Å²) in [5.74, 6) is -0.824. The van der Waals surface area contributed by atoms with Crippen molar-refractivity contribution in [1.82, 2.24) is 0 Å². The maximum absolute atomic E-state index is 12.7. The number of alkyl halides is 3. The molecule has 0 aromatic heterocycles. The Morgan fingerprint density at radius 2 is 1.78 bits per heavy atom. The SMILES string of the molecule is COC(=O)[C@H](Oc1cccc(C(F)(F)F)c1)c1ccc(Cl)cc1. The third kappa shape index (κ3) is 4.39. The molecule has 2 aromatic rings. The Morgan fingerprint density at radius 3 is 2.35 bits per heavy atom. The Balaban J connectivity index is 2.32. The largest absolute Gasteiger partial charge is 0.474 e. The lowest BCUT2D eigenvalue weighted by molar-refractivity contribution is -0.149. The van der Waals surface area contributed by atoms with Gasteiger partial charge in [-0.25, -0.2) is 4.79 Å². The number of benzene rings is 2. The van der Waals surface area contributed by atoms with Crippen molar-refractivity contribution in [2.45, 2.75) is 12.3 Å². The third-order valence-corrected chi connectivity index (χ3v) is 3.26. The number of hydrogen-bond donors (Lipinski definition) is 0. The van der Waals surface area contributed by atoms with Crippen LogP contribution in [-0.4, -0.2) is 13.1 Å². The van der Waals surface area contributed by atoms with Crippen LogP contribution < -0.4 is 4.74 Å². The number of ether oxygens (including phenoxy) is 2. The van der Waals surface area contributed by atoms with Gasteiger partial charge in [0.25, 0.3) is 0 Å². The van der Waals surface area contributed by atoms with E-state index in [4.69, 9.17) is 16.3 Å². The van der Waals surface area contributed by atoms with Crippen molar-refractivity contribution in [2.24, 2.45) is 0 Å². The van der Waals surface area contributed by atoms with Gasteiger partial charge < -0.3 is 9.47 Å². The van der Waals surface area contributed by atoms with E-state index >= 15 is 0 Å². The van der Waals surface area contributed by atoms with Crippen LogP contribution in [-0.2, 0) is 15.7 Å². The average molecular weight is 345 g/mol. The molecule has 2 rings (SSSR count). The molecule has 0 saturated carbocycles. The number of carbonyl (C=O) groups excluding carboxylic acids is 1. The van der Waals surface area contributed by atoms with Crippen molar-refractivity contribution < 1.29 is 27.4 Å². The standard InChI is InChI=1S/C16H12ClF3O3/c1-22-15(21)14(10-5-7-12(17)8-6-10)23-13-4-2-3-11(9-13)16(18,19)20/h2-9,14H,1H3/t14-/m1/s1. The lowest BCUT2D eigenvalue weighted by atomic mass is 10.1. The maximum Gasteiger partial charge on any atom is 0.416 e. The second kappa shape index (κ2) is 6.91. The first kappa shape index (κ1) is 17.1. The van der Waals surface area contributed by atoms with E-state index in [0.717, 1.165) is 12.1 Å². The fourth-order valence-electron chi connectivity index (χ4n) is 1.88.